The maximum atomic E-state index is 13.7. The highest BCUT2D eigenvalue weighted by atomic mass is 19.1. The lowest BCUT2D eigenvalue weighted by atomic mass is 10.1. The smallest absolute Gasteiger partial charge is 0.254 e. The number of benzene rings is 2. The Morgan fingerprint density at radius 3 is 2.34 bits per heavy atom. The highest BCUT2D eigenvalue weighted by Gasteiger charge is 2.25. The molecule has 1 heterocycles. The summed E-state index contributed by atoms with van der Waals surface area (Å²) in [4.78, 5) is 28.2. The van der Waals surface area contributed by atoms with Gasteiger partial charge in [0.1, 0.15) is 5.82 Å². The van der Waals surface area contributed by atoms with Gasteiger partial charge in [-0.1, -0.05) is 18.2 Å². The molecule has 2 aromatic carbocycles. The highest BCUT2D eigenvalue weighted by molar-refractivity contribution is 5.94. The Balaban J connectivity index is 1.41. The van der Waals surface area contributed by atoms with E-state index in [2.05, 4.69) is 0 Å². The monoisotopic (exact) mass is 402 g/mol. The van der Waals surface area contributed by atoms with Gasteiger partial charge >= 0.3 is 0 Å². The number of aryl methyl sites for hydroxylation is 1. The Bertz CT molecular complexity index is 880. The maximum Gasteiger partial charge on any atom is 0.254 e. The molecule has 154 valence electrons. The van der Waals surface area contributed by atoms with Gasteiger partial charge in [-0.2, -0.15) is 0 Å². The van der Waals surface area contributed by atoms with Gasteiger partial charge in [-0.05, 0) is 43.2 Å². The summed E-state index contributed by atoms with van der Waals surface area (Å²) >= 11 is 0. The normalized spacial score (nSPS) is 14.0. The molecule has 1 saturated heterocycles. The van der Waals surface area contributed by atoms with E-state index in [9.17, 15) is 18.4 Å². The van der Waals surface area contributed by atoms with Crippen molar-refractivity contribution in [1.29, 1.82) is 0 Å². The van der Waals surface area contributed by atoms with E-state index in [-0.39, 0.29) is 24.2 Å². The second-order valence-electron chi connectivity index (χ2n) is 7.02. The number of carbonyl (C=O) groups is 2. The number of para-hydroxylation sites is 1. The van der Waals surface area contributed by atoms with Gasteiger partial charge in [0.2, 0.25) is 5.91 Å². The summed E-state index contributed by atoms with van der Waals surface area (Å²) in [6.45, 7) is 3.59. The molecular weight excluding hydrogens is 378 g/mol. The molecule has 1 aliphatic rings. The lowest BCUT2D eigenvalue weighted by Gasteiger charge is -2.35. The number of rotatable bonds is 6. The van der Waals surface area contributed by atoms with Crippen molar-refractivity contribution in [1.82, 2.24) is 9.80 Å². The second kappa shape index (κ2) is 9.49. The fourth-order valence-electron chi connectivity index (χ4n) is 3.19. The first-order chi connectivity index (χ1) is 14.0. The van der Waals surface area contributed by atoms with Crippen molar-refractivity contribution in [3.8, 4) is 5.75 Å². The minimum atomic E-state index is -0.423. The lowest BCUT2D eigenvalue weighted by Crippen LogP contribution is -2.50. The molecular formula is C22H24F2N2O3. The zero-order valence-electron chi connectivity index (χ0n) is 16.4. The molecule has 5 nitrogen and oxygen atoms in total. The van der Waals surface area contributed by atoms with Crippen LogP contribution in [0.1, 0.15) is 28.8 Å². The quantitative estimate of drug-likeness (QED) is 0.696. The Kier molecular flexibility index (Phi) is 6.80. The number of carbonyl (C=O) groups excluding carboxylic acids is 2. The standard InChI is InChI=1S/C22H24F2N2O3/c1-16-8-9-17(15-19(16)24)22(28)26-12-10-25(11-13-26)21(27)7-4-14-29-20-6-3-2-5-18(20)23/h2-3,5-6,8-9,15H,4,7,10-14H2,1H3. The van der Waals surface area contributed by atoms with Gasteiger partial charge in [0.05, 0.1) is 6.61 Å². The zero-order chi connectivity index (χ0) is 20.8. The summed E-state index contributed by atoms with van der Waals surface area (Å²) in [6, 6.07) is 10.6. The van der Waals surface area contributed by atoms with Crippen LogP contribution in [0.2, 0.25) is 0 Å². The molecule has 0 radical (unpaired) electrons. The van der Waals surface area contributed by atoms with Crippen LogP contribution in [0.15, 0.2) is 42.5 Å². The average molecular weight is 402 g/mol. The van der Waals surface area contributed by atoms with Crippen LogP contribution in [0.25, 0.3) is 0 Å². The van der Waals surface area contributed by atoms with Crippen LogP contribution in [-0.4, -0.2) is 54.4 Å². The molecule has 29 heavy (non-hydrogen) atoms. The van der Waals surface area contributed by atoms with Gasteiger partial charge in [-0.25, -0.2) is 8.78 Å². The highest BCUT2D eigenvalue weighted by Crippen LogP contribution is 2.16. The van der Waals surface area contributed by atoms with Crippen molar-refractivity contribution in [2.24, 2.45) is 0 Å². The Morgan fingerprint density at radius 2 is 1.66 bits per heavy atom. The average Bonchev–Trinajstić information content (AvgIpc) is 2.74. The molecule has 2 amide bonds. The van der Waals surface area contributed by atoms with Gasteiger partial charge in [-0.3, -0.25) is 9.59 Å². The predicted molar refractivity (Wildman–Crippen MR) is 105 cm³/mol. The van der Waals surface area contributed by atoms with Crippen LogP contribution in [0.3, 0.4) is 0 Å². The SMILES string of the molecule is Cc1ccc(C(=O)N2CCN(C(=O)CCCOc3ccccc3F)CC2)cc1F. The van der Waals surface area contributed by atoms with Crippen molar-refractivity contribution in [2.45, 2.75) is 19.8 Å². The maximum absolute atomic E-state index is 13.7. The lowest BCUT2D eigenvalue weighted by molar-refractivity contribution is -0.132. The molecule has 0 aliphatic carbocycles. The van der Waals surface area contributed by atoms with E-state index in [1.807, 2.05) is 0 Å². The summed E-state index contributed by atoms with van der Waals surface area (Å²) in [7, 11) is 0. The molecule has 0 aromatic heterocycles. The molecule has 0 bridgehead atoms. The minimum Gasteiger partial charge on any atom is -0.491 e. The molecule has 1 fully saturated rings. The molecule has 0 saturated carbocycles. The Labute approximate surface area is 168 Å². The summed E-state index contributed by atoms with van der Waals surface area (Å²) in [5.74, 6) is -0.889. The number of nitrogens with zero attached hydrogens (tertiary/aromatic N) is 2. The van der Waals surface area contributed by atoms with E-state index >= 15 is 0 Å². The summed E-state index contributed by atoms with van der Waals surface area (Å²) in [6.07, 6.45) is 0.778. The number of halogens is 2. The van der Waals surface area contributed by atoms with Gasteiger partial charge in [-0.15, -0.1) is 0 Å². The second-order valence-corrected chi connectivity index (χ2v) is 7.02. The van der Waals surface area contributed by atoms with E-state index in [0.29, 0.717) is 50.1 Å². The largest absolute Gasteiger partial charge is 0.491 e. The molecule has 0 spiro atoms. The van der Waals surface area contributed by atoms with Gasteiger partial charge in [0, 0.05) is 38.2 Å². The van der Waals surface area contributed by atoms with Crippen molar-refractivity contribution in [3.63, 3.8) is 0 Å². The molecule has 0 N–H and O–H groups in total. The summed E-state index contributed by atoms with van der Waals surface area (Å²) in [5, 5.41) is 0. The van der Waals surface area contributed by atoms with Gasteiger partial charge in [0.25, 0.3) is 5.91 Å². The predicted octanol–water partition coefficient (Wildman–Crippen LogP) is 3.42. The van der Waals surface area contributed by atoms with E-state index in [4.69, 9.17) is 4.74 Å². The van der Waals surface area contributed by atoms with Crippen molar-refractivity contribution >= 4 is 11.8 Å². The number of hydrogen-bond acceptors (Lipinski definition) is 3. The topological polar surface area (TPSA) is 49.9 Å². The van der Waals surface area contributed by atoms with Crippen molar-refractivity contribution in [2.75, 3.05) is 32.8 Å². The third-order valence-corrected chi connectivity index (χ3v) is 4.97. The Morgan fingerprint density at radius 1 is 0.966 bits per heavy atom. The number of amides is 2. The first kappa shape index (κ1) is 20.8. The van der Waals surface area contributed by atoms with Crippen LogP contribution in [0.4, 0.5) is 8.78 Å². The van der Waals surface area contributed by atoms with E-state index in [1.165, 1.54) is 12.1 Å². The van der Waals surface area contributed by atoms with Crippen molar-refractivity contribution in [3.05, 3.63) is 65.2 Å². The zero-order valence-corrected chi connectivity index (χ0v) is 16.4. The van der Waals surface area contributed by atoms with E-state index < -0.39 is 11.6 Å². The van der Waals surface area contributed by atoms with Crippen LogP contribution in [-0.2, 0) is 4.79 Å². The van der Waals surface area contributed by atoms with Crippen LogP contribution >= 0.6 is 0 Å². The fraction of sp³-hybridized carbons (Fsp3) is 0.364. The van der Waals surface area contributed by atoms with Crippen LogP contribution in [0, 0.1) is 18.6 Å². The molecule has 7 heteroatoms. The number of hydrogen-bond donors (Lipinski definition) is 0. The molecule has 3 rings (SSSR count). The third-order valence-electron chi connectivity index (χ3n) is 4.97. The fourth-order valence-corrected chi connectivity index (χ4v) is 3.19. The summed E-state index contributed by atoms with van der Waals surface area (Å²) < 4.78 is 32.5. The molecule has 2 aromatic rings. The molecule has 0 unspecified atom stereocenters. The third kappa shape index (κ3) is 5.31. The first-order valence-electron chi connectivity index (χ1n) is 9.66. The van der Waals surface area contributed by atoms with Crippen LogP contribution < -0.4 is 4.74 Å². The number of ether oxygens (including phenoxy) is 1. The van der Waals surface area contributed by atoms with Gasteiger partial charge in [0.15, 0.2) is 11.6 Å². The summed E-state index contributed by atoms with van der Waals surface area (Å²) in [5.41, 5.74) is 0.814. The van der Waals surface area contributed by atoms with Crippen LogP contribution in [0.5, 0.6) is 5.75 Å². The van der Waals surface area contributed by atoms with Crippen molar-refractivity contribution < 1.29 is 23.1 Å². The Hall–Kier alpha value is -2.96. The van der Waals surface area contributed by atoms with E-state index in [1.54, 1.807) is 47.1 Å². The number of piperazine rings is 1. The first-order valence-corrected chi connectivity index (χ1v) is 9.66. The molecule has 0 atom stereocenters. The molecule has 1 aliphatic heterocycles. The minimum absolute atomic E-state index is 0.0180. The van der Waals surface area contributed by atoms with E-state index in [0.717, 1.165) is 0 Å². The van der Waals surface area contributed by atoms with Gasteiger partial charge < -0.3 is 14.5 Å².